The van der Waals surface area contributed by atoms with E-state index in [1.807, 2.05) is 4.68 Å². The molecule has 3 unspecified atom stereocenters. The Morgan fingerprint density at radius 3 is 2.65 bits per heavy atom. The van der Waals surface area contributed by atoms with Gasteiger partial charge in [-0.2, -0.15) is 5.26 Å². The van der Waals surface area contributed by atoms with Gasteiger partial charge in [-0.25, -0.2) is 14.6 Å². The van der Waals surface area contributed by atoms with Crippen LogP contribution in [-0.2, 0) is 12.8 Å². The minimum Gasteiger partial charge on any atom is -0.479 e. The molecule has 1 aliphatic carbocycles. The predicted molar refractivity (Wildman–Crippen MR) is 181 cm³/mol. The molecule has 0 spiro atoms. The molecule has 2 aliphatic heterocycles. The van der Waals surface area contributed by atoms with Crippen LogP contribution in [0.25, 0.3) is 22.6 Å². The smallest absolute Gasteiger partial charge is 0.246 e. The highest BCUT2D eigenvalue weighted by Gasteiger charge is 2.37. The van der Waals surface area contributed by atoms with Crippen LogP contribution in [0.2, 0.25) is 0 Å². The molecule has 2 saturated heterocycles. The maximum absolute atomic E-state index is 10.1. The van der Waals surface area contributed by atoms with Crippen molar-refractivity contribution in [2.24, 2.45) is 5.92 Å². The van der Waals surface area contributed by atoms with Gasteiger partial charge in [-0.05, 0) is 83.4 Å². The molecule has 4 aromatic rings. The number of methoxy groups -OCH3 is 1. The van der Waals surface area contributed by atoms with Crippen molar-refractivity contribution in [1.29, 1.82) is 5.26 Å². The van der Waals surface area contributed by atoms with Gasteiger partial charge in [-0.3, -0.25) is 4.90 Å². The van der Waals surface area contributed by atoms with Crippen LogP contribution < -0.4 is 15.4 Å². The minimum absolute atomic E-state index is 0.0658. The van der Waals surface area contributed by atoms with Crippen LogP contribution in [0, 0.1) is 17.2 Å². The van der Waals surface area contributed by atoms with Crippen LogP contribution in [0.5, 0.6) is 5.88 Å². The van der Waals surface area contributed by atoms with Gasteiger partial charge in [0.25, 0.3) is 0 Å². The molecule has 4 atom stereocenters. The third-order valence-electron chi connectivity index (χ3n) is 10.5. The molecule has 12 heteroatoms. The minimum atomic E-state index is -0.0658. The standard InChI is InChI=1S/C34H45N9O2S/c1-6-10-25-26(24(17-35)30(36)46-25)22-12-7-13-23-28(40-45-29(22)23)31-37-32(42-14-8-11-19(2)18-42)27-33(38-31)43(39-34(27)44-5)21(4)20(3)41-15-9-16-41/h19-22H,6-16,18,36H2,1-5H3/t19?,20-,21?,22?/m1/s1. The number of aryl methyl sites for hydroxylation is 1. The van der Waals surface area contributed by atoms with E-state index >= 15 is 0 Å². The Morgan fingerprint density at radius 2 is 1.96 bits per heavy atom. The first-order chi connectivity index (χ1) is 22.3. The van der Waals surface area contributed by atoms with Gasteiger partial charge in [0.1, 0.15) is 28.0 Å². The van der Waals surface area contributed by atoms with Crippen molar-refractivity contribution in [2.45, 2.75) is 97.1 Å². The van der Waals surface area contributed by atoms with E-state index < -0.39 is 0 Å². The van der Waals surface area contributed by atoms with Crippen molar-refractivity contribution >= 4 is 33.2 Å². The number of nitrogens with two attached hydrogens (primary N) is 1. The molecular formula is C34H45N9O2S. The van der Waals surface area contributed by atoms with Crippen molar-refractivity contribution in [3.05, 3.63) is 27.3 Å². The first kappa shape index (κ1) is 30.9. The number of ether oxygens (including phenoxy) is 1. The number of hydrogen-bond donors (Lipinski definition) is 1. The number of nitrogens with zero attached hydrogens (tertiary/aromatic N) is 8. The summed E-state index contributed by atoms with van der Waals surface area (Å²) in [7, 11) is 1.68. The van der Waals surface area contributed by atoms with E-state index in [9.17, 15) is 5.26 Å². The Bertz CT molecular complexity index is 1780. The van der Waals surface area contributed by atoms with Crippen LogP contribution in [0.15, 0.2) is 4.52 Å². The van der Waals surface area contributed by atoms with E-state index in [0.29, 0.717) is 39.9 Å². The summed E-state index contributed by atoms with van der Waals surface area (Å²) in [6.07, 6.45) is 8.06. The molecule has 0 saturated carbocycles. The zero-order valence-corrected chi connectivity index (χ0v) is 28.5. The number of fused-ring (bicyclic) bond motifs is 2. The number of rotatable bonds is 9. The number of thiophene rings is 1. The van der Waals surface area contributed by atoms with E-state index in [1.165, 1.54) is 29.1 Å². The van der Waals surface area contributed by atoms with Crippen molar-refractivity contribution < 1.29 is 9.26 Å². The maximum Gasteiger partial charge on any atom is 0.246 e. The van der Waals surface area contributed by atoms with Gasteiger partial charge in [-0.1, -0.05) is 25.4 Å². The molecule has 0 bridgehead atoms. The fourth-order valence-corrected chi connectivity index (χ4v) is 8.88. The third-order valence-corrected chi connectivity index (χ3v) is 11.5. The van der Waals surface area contributed by atoms with E-state index in [0.717, 1.165) is 98.4 Å². The maximum atomic E-state index is 10.1. The summed E-state index contributed by atoms with van der Waals surface area (Å²) in [5, 5.41) is 21.2. The molecular weight excluding hydrogens is 599 g/mol. The van der Waals surface area contributed by atoms with E-state index in [4.69, 9.17) is 30.1 Å². The van der Waals surface area contributed by atoms with Gasteiger partial charge >= 0.3 is 0 Å². The average Bonchev–Trinajstić information content (AvgIpc) is 3.72. The first-order valence-electron chi connectivity index (χ1n) is 17.0. The summed E-state index contributed by atoms with van der Waals surface area (Å²) in [5.74, 6) is 3.27. The van der Waals surface area contributed by atoms with Crippen LogP contribution >= 0.6 is 11.3 Å². The summed E-state index contributed by atoms with van der Waals surface area (Å²) in [6.45, 7) is 13.0. The molecule has 0 aromatic carbocycles. The van der Waals surface area contributed by atoms with Gasteiger partial charge in [0.05, 0.1) is 18.7 Å². The highest BCUT2D eigenvalue weighted by molar-refractivity contribution is 7.16. The lowest BCUT2D eigenvalue weighted by Crippen LogP contribution is -2.47. The van der Waals surface area contributed by atoms with Crippen LogP contribution in [0.3, 0.4) is 0 Å². The molecule has 7 rings (SSSR count). The van der Waals surface area contributed by atoms with Crippen LogP contribution in [0.4, 0.5) is 10.8 Å². The van der Waals surface area contributed by atoms with Gasteiger partial charge in [-0.15, -0.1) is 16.4 Å². The molecule has 2 N–H and O–H groups in total. The summed E-state index contributed by atoms with van der Waals surface area (Å²) >= 11 is 1.54. The first-order valence-corrected chi connectivity index (χ1v) is 17.8. The number of anilines is 2. The molecule has 6 heterocycles. The fraction of sp³-hybridized carbons (Fsp3) is 0.618. The molecule has 4 aromatic heterocycles. The quantitative estimate of drug-likeness (QED) is 0.221. The summed E-state index contributed by atoms with van der Waals surface area (Å²) < 4.78 is 14.2. The lowest BCUT2D eigenvalue weighted by Gasteiger charge is -2.39. The predicted octanol–water partition coefficient (Wildman–Crippen LogP) is 6.32. The number of aromatic nitrogens is 5. The molecule has 244 valence electrons. The van der Waals surface area contributed by atoms with Crippen LogP contribution in [-0.4, -0.2) is 69.1 Å². The Balaban J connectivity index is 1.39. The van der Waals surface area contributed by atoms with E-state index in [2.05, 4.69) is 48.7 Å². The topological polar surface area (TPSA) is 135 Å². The number of hydrogen-bond acceptors (Lipinski definition) is 11. The number of nitrogen functional groups attached to an aromatic ring is 1. The van der Waals surface area contributed by atoms with Gasteiger partial charge < -0.3 is 19.9 Å². The zero-order valence-electron chi connectivity index (χ0n) is 27.7. The van der Waals surface area contributed by atoms with Crippen molar-refractivity contribution in [1.82, 2.24) is 29.8 Å². The largest absolute Gasteiger partial charge is 0.479 e. The van der Waals surface area contributed by atoms with Gasteiger partial charge in [0.15, 0.2) is 17.2 Å². The van der Waals surface area contributed by atoms with Crippen molar-refractivity contribution in [3.63, 3.8) is 0 Å². The Labute approximate surface area is 274 Å². The Morgan fingerprint density at radius 1 is 1.13 bits per heavy atom. The highest BCUT2D eigenvalue weighted by Crippen LogP contribution is 2.47. The molecule has 0 amide bonds. The fourth-order valence-electron chi connectivity index (χ4n) is 7.70. The SMILES string of the molecule is CCCc1sc(N)c(C#N)c1C1CCCc2c(-c3nc(N4CCCC(C)C4)c4c(OC)nn(C(C)[C@@H](C)N5CCC5)c4n3)noc21. The monoisotopic (exact) mass is 643 g/mol. The van der Waals surface area contributed by atoms with Crippen molar-refractivity contribution in [2.75, 3.05) is 43.9 Å². The molecule has 2 fully saturated rings. The Kier molecular flexibility index (Phi) is 8.40. The van der Waals surface area contributed by atoms with Crippen LogP contribution in [0.1, 0.15) is 106 Å². The second-order valence-corrected chi connectivity index (χ2v) is 14.6. The lowest BCUT2D eigenvalue weighted by molar-refractivity contribution is 0.0937. The van der Waals surface area contributed by atoms with E-state index in [-0.39, 0.29) is 12.0 Å². The highest BCUT2D eigenvalue weighted by atomic mass is 32.1. The second kappa shape index (κ2) is 12.5. The number of likely N-dealkylation sites (tertiary alicyclic amines) is 1. The molecule has 0 radical (unpaired) electrons. The van der Waals surface area contributed by atoms with Gasteiger partial charge in [0.2, 0.25) is 5.88 Å². The molecule has 11 nitrogen and oxygen atoms in total. The third kappa shape index (κ3) is 5.12. The van der Waals surface area contributed by atoms with Gasteiger partial charge in [0, 0.05) is 35.5 Å². The summed E-state index contributed by atoms with van der Waals surface area (Å²) in [4.78, 5) is 16.5. The average molecular weight is 644 g/mol. The number of nitriles is 1. The van der Waals surface area contributed by atoms with E-state index in [1.54, 1.807) is 7.11 Å². The normalized spacial score (nSPS) is 21.5. The lowest BCUT2D eigenvalue weighted by atomic mass is 9.81. The molecule has 3 aliphatic rings. The summed E-state index contributed by atoms with van der Waals surface area (Å²) in [6, 6.07) is 2.76. The number of piperidine rings is 1. The summed E-state index contributed by atoms with van der Waals surface area (Å²) in [5.41, 5.74) is 10.5. The second-order valence-electron chi connectivity index (χ2n) is 13.4. The molecule has 46 heavy (non-hydrogen) atoms. The Hall–Kier alpha value is -3.69. The zero-order chi connectivity index (χ0) is 32.1. The van der Waals surface area contributed by atoms with Crippen molar-refractivity contribution in [3.8, 4) is 23.5 Å².